The molecule has 63 heavy (non-hydrogen) atoms. The molecule has 3 heterocycles. The first-order valence-corrected chi connectivity index (χ1v) is 22.9. The minimum atomic E-state index is -5.02. The van der Waals surface area contributed by atoms with Crippen LogP contribution in [0.3, 0.4) is 0 Å². The molecule has 13 nitrogen and oxygen atoms in total. The number of hydrogen-bond acceptors (Lipinski definition) is 11. The van der Waals surface area contributed by atoms with Crippen molar-refractivity contribution in [2.45, 2.75) is 108 Å². The van der Waals surface area contributed by atoms with Gasteiger partial charge in [0.1, 0.15) is 51.7 Å². The Balaban J connectivity index is 1.26. The van der Waals surface area contributed by atoms with E-state index >= 15 is 0 Å². The summed E-state index contributed by atoms with van der Waals surface area (Å²) in [4.78, 5) is 54.2. The first kappa shape index (κ1) is 45.7. The van der Waals surface area contributed by atoms with E-state index in [-0.39, 0.29) is 31.0 Å². The summed E-state index contributed by atoms with van der Waals surface area (Å²) in [5, 5.41) is 8.11. The first-order valence-electron chi connectivity index (χ1n) is 20.5. The van der Waals surface area contributed by atoms with Crippen LogP contribution in [0.25, 0.3) is 21.6 Å². The maximum Gasteiger partial charge on any atom is 0.419 e. The summed E-state index contributed by atoms with van der Waals surface area (Å²) in [6, 6.07) is 5.03. The van der Waals surface area contributed by atoms with Crippen LogP contribution in [0, 0.1) is 24.1 Å². The number of amides is 3. The number of nitrogens with zero attached hydrogens (tertiary/aromatic N) is 3. The average Bonchev–Trinajstić information content (AvgIpc) is 4.09. The lowest BCUT2D eigenvalue weighted by atomic mass is 9.85. The second-order valence-electron chi connectivity index (χ2n) is 17.8. The minimum Gasteiger partial charge on any atom is -0.496 e. The molecular weight excluding hydrogens is 865 g/mol. The number of aryl methyl sites for hydroxylation is 1. The maximum absolute atomic E-state index is 14.9. The number of thiazole rings is 1. The van der Waals surface area contributed by atoms with Crippen molar-refractivity contribution in [3.05, 3.63) is 77.1 Å². The number of anilines is 1. The van der Waals surface area contributed by atoms with Gasteiger partial charge in [0.25, 0.3) is 5.91 Å². The zero-order valence-corrected chi connectivity index (χ0v) is 37.5. The SMILES string of the molecule is C=CC1CC1(NC(=O)C1CC(Oc2cc(-c3nc(C(C)C)cs3)nc3c(C)c(OC)ccc23)CN1C(=O)C(Nc1ccc(F)c(C(F)(F)F)c1)C(C)(C)C)C(=O)NS(=O)(=O)C1CC1. The molecule has 2 aromatic carbocycles. The fraction of sp³-hybridized carbons (Fsp3) is 0.477. The van der Waals surface area contributed by atoms with Gasteiger partial charge in [-0.3, -0.25) is 19.1 Å². The van der Waals surface area contributed by atoms with Crippen LogP contribution in [0.15, 0.2) is 54.4 Å². The summed E-state index contributed by atoms with van der Waals surface area (Å²) in [6.07, 6.45) is -3.70. The van der Waals surface area contributed by atoms with Crippen LogP contribution >= 0.6 is 11.3 Å². The summed E-state index contributed by atoms with van der Waals surface area (Å²) in [7, 11) is -2.45. The van der Waals surface area contributed by atoms with Gasteiger partial charge in [0.15, 0.2) is 0 Å². The molecule has 3 fully saturated rings. The van der Waals surface area contributed by atoms with Crippen LogP contribution in [-0.2, 0) is 30.6 Å². The molecule has 7 rings (SSSR count). The number of likely N-dealkylation sites (tertiary alicyclic amines) is 1. The highest BCUT2D eigenvalue weighted by Gasteiger charge is 2.62. The van der Waals surface area contributed by atoms with Crippen LogP contribution in [-0.4, -0.2) is 83.6 Å². The molecule has 0 bridgehead atoms. The Kier molecular flexibility index (Phi) is 12.1. The number of carbonyl (C=O) groups excluding carboxylic acids is 3. The smallest absolute Gasteiger partial charge is 0.419 e. The fourth-order valence-electron chi connectivity index (χ4n) is 7.86. The summed E-state index contributed by atoms with van der Waals surface area (Å²) < 4.78 is 95.8. The van der Waals surface area contributed by atoms with Crippen molar-refractivity contribution in [2.24, 2.45) is 11.3 Å². The Morgan fingerprint density at radius 1 is 1.06 bits per heavy atom. The Hall–Kier alpha value is -5.30. The standard InChI is InChI=1S/C44H50F4N6O7S2/c1-9-24-19-43(24,41(57)53-63(58,59)27-11-12-27)52-38(55)33-17-26(20-54(33)40(56)37(42(5,6)7)49-25-10-14-30(45)29(16-25)44(46,47)48)61-35-18-31(39-51-32(21-62-39)22(2)3)50-36-23(4)34(60-8)15-13-28(35)36/h9-10,13-16,18,21-22,24,26-27,33,37,49H,1,11-12,17,19-20H2,2-8H3,(H,52,55)(H,53,57). The number of fused-ring (bicyclic) bond motifs is 1. The van der Waals surface area contributed by atoms with Crippen LogP contribution < -0.4 is 24.8 Å². The molecular formula is C44H50F4N6O7S2. The lowest BCUT2D eigenvalue weighted by molar-refractivity contribution is -0.141. The highest BCUT2D eigenvalue weighted by Crippen LogP contribution is 2.46. The van der Waals surface area contributed by atoms with Crippen LogP contribution in [0.2, 0.25) is 0 Å². The molecule has 1 aliphatic heterocycles. The topological polar surface area (TPSA) is 169 Å². The second-order valence-corrected chi connectivity index (χ2v) is 20.6. The third-order valence-corrected chi connectivity index (χ3v) is 14.5. The number of methoxy groups -OCH3 is 1. The lowest BCUT2D eigenvalue weighted by Crippen LogP contribution is -2.58. The number of hydrogen-bond donors (Lipinski definition) is 3. The van der Waals surface area contributed by atoms with Crippen molar-refractivity contribution in [1.82, 2.24) is 24.9 Å². The van der Waals surface area contributed by atoms with Crippen LogP contribution in [0.4, 0.5) is 23.2 Å². The number of ether oxygens (including phenoxy) is 2. The number of carbonyl (C=O) groups is 3. The number of benzene rings is 2. The third-order valence-electron chi connectivity index (χ3n) is 11.8. The Labute approximate surface area is 367 Å². The summed E-state index contributed by atoms with van der Waals surface area (Å²) in [6.45, 7) is 14.5. The predicted molar refractivity (Wildman–Crippen MR) is 230 cm³/mol. The molecule has 5 atom stereocenters. The summed E-state index contributed by atoms with van der Waals surface area (Å²) in [5.74, 6) is -3.40. The number of sulfonamides is 1. The molecule has 3 aliphatic rings. The van der Waals surface area contributed by atoms with Gasteiger partial charge >= 0.3 is 6.18 Å². The maximum atomic E-state index is 14.9. The molecule has 0 spiro atoms. The van der Waals surface area contributed by atoms with E-state index in [0.29, 0.717) is 58.1 Å². The molecule has 0 radical (unpaired) electrons. The third kappa shape index (κ3) is 9.21. The zero-order valence-electron chi connectivity index (χ0n) is 35.9. The number of halogens is 4. The summed E-state index contributed by atoms with van der Waals surface area (Å²) >= 11 is 1.41. The van der Waals surface area contributed by atoms with Gasteiger partial charge in [-0.1, -0.05) is 40.7 Å². The summed E-state index contributed by atoms with van der Waals surface area (Å²) in [5.41, 5.74) is -1.70. The quantitative estimate of drug-likeness (QED) is 0.0851. The van der Waals surface area contributed by atoms with Gasteiger partial charge in [-0.2, -0.15) is 13.2 Å². The Morgan fingerprint density at radius 2 is 1.78 bits per heavy atom. The molecule has 2 aromatic heterocycles. The number of aromatic nitrogens is 2. The minimum absolute atomic E-state index is 0.0526. The van der Waals surface area contributed by atoms with E-state index in [1.807, 2.05) is 26.2 Å². The molecule has 338 valence electrons. The Bertz CT molecular complexity index is 2590. The first-order chi connectivity index (χ1) is 29.5. The molecule has 19 heteroatoms. The van der Waals surface area contributed by atoms with Crippen molar-refractivity contribution < 1.29 is 49.8 Å². The number of nitrogens with one attached hydrogen (secondary N) is 3. The van der Waals surface area contributed by atoms with Crippen molar-refractivity contribution in [1.29, 1.82) is 0 Å². The molecule has 3 amide bonds. The van der Waals surface area contributed by atoms with Crippen molar-refractivity contribution >= 4 is 55.7 Å². The number of pyridine rings is 1. The number of alkyl halides is 3. The van der Waals surface area contributed by atoms with E-state index in [1.54, 1.807) is 46.1 Å². The van der Waals surface area contributed by atoms with Crippen LogP contribution in [0.1, 0.15) is 83.0 Å². The Morgan fingerprint density at radius 3 is 2.37 bits per heavy atom. The number of rotatable bonds is 14. The van der Waals surface area contributed by atoms with Gasteiger partial charge in [-0.15, -0.1) is 17.9 Å². The van der Waals surface area contributed by atoms with Gasteiger partial charge in [0.2, 0.25) is 21.8 Å². The highest BCUT2D eigenvalue weighted by atomic mass is 32.2. The van der Waals surface area contributed by atoms with Gasteiger partial charge in [-0.25, -0.2) is 22.8 Å². The van der Waals surface area contributed by atoms with E-state index in [1.165, 1.54) is 22.3 Å². The van der Waals surface area contributed by atoms with Gasteiger partial charge in [-0.05, 0) is 67.9 Å². The van der Waals surface area contributed by atoms with Crippen molar-refractivity contribution in [3.8, 4) is 22.2 Å². The average molecular weight is 915 g/mol. The van der Waals surface area contributed by atoms with Gasteiger partial charge in [0, 0.05) is 40.4 Å². The fourth-order valence-corrected chi connectivity index (χ4v) is 10.2. The molecule has 4 aromatic rings. The molecule has 2 saturated carbocycles. The van der Waals surface area contributed by atoms with E-state index in [2.05, 4.69) is 21.9 Å². The lowest BCUT2D eigenvalue weighted by Gasteiger charge is -2.36. The molecule has 3 N–H and O–H groups in total. The molecule has 1 saturated heterocycles. The largest absolute Gasteiger partial charge is 0.496 e. The van der Waals surface area contributed by atoms with Gasteiger partial charge in [0.05, 0.1) is 35.7 Å². The van der Waals surface area contributed by atoms with E-state index in [9.17, 15) is 40.4 Å². The monoisotopic (exact) mass is 914 g/mol. The van der Waals surface area contributed by atoms with E-state index in [0.717, 1.165) is 17.3 Å². The second kappa shape index (κ2) is 16.7. The highest BCUT2D eigenvalue weighted by molar-refractivity contribution is 7.91. The normalized spacial score (nSPS) is 21.8. The van der Waals surface area contributed by atoms with E-state index in [4.69, 9.17) is 19.4 Å². The van der Waals surface area contributed by atoms with Crippen molar-refractivity contribution in [2.75, 3.05) is 19.0 Å². The molecule has 2 aliphatic carbocycles. The van der Waals surface area contributed by atoms with Crippen molar-refractivity contribution in [3.63, 3.8) is 0 Å². The van der Waals surface area contributed by atoms with E-state index < -0.39 is 85.6 Å². The van der Waals surface area contributed by atoms with Crippen LogP contribution in [0.5, 0.6) is 11.5 Å². The predicted octanol–water partition coefficient (Wildman–Crippen LogP) is 7.50. The zero-order chi connectivity index (χ0) is 46.0. The van der Waals surface area contributed by atoms with Gasteiger partial charge < -0.3 is 25.0 Å². The molecule has 5 unspecified atom stereocenters.